The summed E-state index contributed by atoms with van der Waals surface area (Å²) in [5, 5.41) is 13.9. The summed E-state index contributed by atoms with van der Waals surface area (Å²) in [4.78, 5) is 23.2. The molecule has 3 unspecified atom stereocenters. The van der Waals surface area contributed by atoms with Crippen LogP contribution in [0.25, 0.3) is 0 Å². The first-order chi connectivity index (χ1) is 30.5. The zero-order valence-electron chi connectivity index (χ0n) is 42.6. The molecule has 0 saturated heterocycles. The Balaban J connectivity index is 4.10. The van der Waals surface area contributed by atoms with Crippen molar-refractivity contribution in [3.63, 3.8) is 0 Å². The highest BCUT2D eigenvalue weighted by Gasteiger charge is 2.27. The largest absolute Gasteiger partial charge is 0.472 e. The summed E-state index contributed by atoms with van der Waals surface area (Å²) in [6.07, 6.45) is 57.1. The van der Waals surface area contributed by atoms with Gasteiger partial charge in [-0.05, 0) is 44.9 Å². The molecule has 3 N–H and O–H groups in total. The number of hydrogen-bond acceptors (Lipinski definition) is 5. The zero-order chi connectivity index (χ0) is 46.4. The average molecular weight is 912 g/mol. The minimum Gasteiger partial charge on any atom is -0.387 e. The molecule has 0 aliphatic carbocycles. The van der Waals surface area contributed by atoms with Crippen molar-refractivity contribution in [3.8, 4) is 0 Å². The van der Waals surface area contributed by atoms with Crippen LogP contribution in [-0.2, 0) is 18.4 Å². The molecule has 0 bridgehead atoms. The van der Waals surface area contributed by atoms with Crippen LogP contribution in [0.5, 0.6) is 0 Å². The maximum absolute atomic E-state index is 12.9. The summed E-state index contributed by atoms with van der Waals surface area (Å²) in [5.41, 5.74) is 0. The van der Waals surface area contributed by atoms with E-state index in [1.54, 1.807) is 6.08 Å². The second-order valence-corrected chi connectivity index (χ2v) is 21.4. The predicted molar refractivity (Wildman–Crippen MR) is 272 cm³/mol. The lowest BCUT2D eigenvalue weighted by Gasteiger charge is -2.25. The van der Waals surface area contributed by atoms with Crippen molar-refractivity contribution in [2.75, 3.05) is 40.9 Å². The molecule has 374 valence electrons. The van der Waals surface area contributed by atoms with E-state index in [-0.39, 0.29) is 19.1 Å². The Bertz CT molecular complexity index is 1080. The van der Waals surface area contributed by atoms with E-state index in [9.17, 15) is 19.4 Å². The van der Waals surface area contributed by atoms with Crippen LogP contribution in [0.3, 0.4) is 0 Å². The first kappa shape index (κ1) is 62.0. The summed E-state index contributed by atoms with van der Waals surface area (Å²) in [6.45, 7) is 4.81. The van der Waals surface area contributed by atoms with Gasteiger partial charge in [0, 0.05) is 6.42 Å². The number of carbonyl (C=O) groups excluding carboxylic acids is 1. The van der Waals surface area contributed by atoms with Gasteiger partial charge in [-0.25, -0.2) is 4.57 Å². The van der Waals surface area contributed by atoms with Crippen LogP contribution >= 0.6 is 7.82 Å². The van der Waals surface area contributed by atoms with Gasteiger partial charge in [0.2, 0.25) is 5.91 Å². The van der Waals surface area contributed by atoms with E-state index in [1.165, 1.54) is 193 Å². The standard InChI is InChI=1S/C54H107N2O6P/c1-6-8-10-12-14-16-18-20-21-22-23-24-25-26-27-28-29-30-31-32-33-34-35-36-37-39-41-43-45-47-53(57)52(51-62-63(59,60)61-50-49-56(3,4)5)55-54(58)48-46-44-42-40-38-19-17-15-13-11-9-7-2/h15,17,45,47,52-53,57H,6-14,16,18-44,46,48-51H2,1-5H3,(H-,55,58,59,60)/p+1/b17-15-,47-45+. The van der Waals surface area contributed by atoms with Crippen LogP contribution in [0.4, 0.5) is 0 Å². The van der Waals surface area contributed by atoms with E-state index >= 15 is 0 Å². The number of unbranched alkanes of at least 4 members (excludes halogenated alkanes) is 35. The van der Waals surface area contributed by atoms with Gasteiger partial charge in [-0.1, -0.05) is 237 Å². The third-order valence-electron chi connectivity index (χ3n) is 12.4. The molecule has 3 atom stereocenters. The zero-order valence-corrected chi connectivity index (χ0v) is 43.5. The van der Waals surface area contributed by atoms with E-state index in [4.69, 9.17) is 9.05 Å². The molecule has 0 saturated carbocycles. The Morgan fingerprint density at radius 3 is 1.25 bits per heavy atom. The summed E-state index contributed by atoms with van der Waals surface area (Å²) in [5.74, 6) is -0.185. The van der Waals surface area contributed by atoms with Crippen molar-refractivity contribution in [2.24, 2.45) is 0 Å². The number of phosphoric acid groups is 1. The fraction of sp³-hybridized carbons (Fsp3) is 0.907. The third kappa shape index (κ3) is 48.7. The molecule has 0 spiro atoms. The first-order valence-corrected chi connectivity index (χ1v) is 28.7. The lowest BCUT2D eigenvalue weighted by molar-refractivity contribution is -0.870. The molecule has 8 nitrogen and oxygen atoms in total. The topological polar surface area (TPSA) is 105 Å². The number of allylic oxidation sites excluding steroid dienone is 3. The van der Waals surface area contributed by atoms with Gasteiger partial charge in [0.1, 0.15) is 13.2 Å². The second kappa shape index (κ2) is 46.1. The van der Waals surface area contributed by atoms with Gasteiger partial charge in [-0.15, -0.1) is 0 Å². The molecule has 0 rings (SSSR count). The van der Waals surface area contributed by atoms with E-state index in [0.29, 0.717) is 17.4 Å². The number of quaternary nitrogens is 1. The van der Waals surface area contributed by atoms with Crippen molar-refractivity contribution in [3.05, 3.63) is 24.3 Å². The second-order valence-electron chi connectivity index (χ2n) is 20.0. The Labute approximate surface area is 392 Å². The van der Waals surface area contributed by atoms with Crippen LogP contribution in [-0.4, -0.2) is 73.4 Å². The molecular weight excluding hydrogens is 804 g/mol. The van der Waals surface area contributed by atoms with Gasteiger partial charge in [-0.3, -0.25) is 13.8 Å². The van der Waals surface area contributed by atoms with Gasteiger partial charge in [-0.2, -0.15) is 0 Å². The number of rotatable bonds is 50. The fourth-order valence-corrected chi connectivity index (χ4v) is 8.83. The molecule has 0 fully saturated rings. The number of carbonyl (C=O) groups is 1. The smallest absolute Gasteiger partial charge is 0.387 e. The molecule has 9 heteroatoms. The average Bonchev–Trinajstić information content (AvgIpc) is 3.24. The highest BCUT2D eigenvalue weighted by Crippen LogP contribution is 2.43. The predicted octanol–water partition coefficient (Wildman–Crippen LogP) is 16.0. The van der Waals surface area contributed by atoms with Crippen LogP contribution < -0.4 is 5.32 Å². The number of aliphatic hydroxyl groups excluding tert-OH is 1. The van der Waals surface area contributed by atoms with Crippen molar-refractivity contribution in [1.29, 1.82) is 0 Å². The van der Waals surface area contributed by atoms with Crippen molar-refractivity contribution < 1.29 is 32.9 Å². The quantitative estimate of drug-likeness (QED) is 0.0243. The Kier molecular flexibility index (Phi) is 45.4. The third-order valence-corrected chi connectivity index (χ3v) is 13.4. The van der Waals surface area contributed by atoms with Crippen molar-refractivity contribution in [1.82, 2.24) is 5.32 Å². The molecule has 1 amide bonds. The lowest BCUT2D eigenvalue weighted by atomic mass is 10.0. The molecule has 0 aromatic rings. The van der Waals surface area contributed by atoms with Gasteiger partial charge in [0.15, 0.2) is 0 Å². The summed E-state index contributed by atoms with van der Waals surface area (Å²) >= 11 is 0. The Morgan fingerprint density at radius 1 is 0.524 bits per heavy atom. The van der Waals surface area contributed by atoms with Crippen LogP contribution in [0.15, 0.2) is 24.3 Å². The number of nitrogens with zero attached hydrogens (tertiary/aromatic N) is 1. The van der Waals surface area contributed by atoms with Crippen molar-refractivity contribution >= 4 is 13.7 Å². The molecule has 0 aromatic heterocycles. The normalized spacial score (nSPS) is 14.2. The SMILES string of the molecule is CCCCC/C=C\CCCCCCCC(=O)NC(COP(=O)(O)OCC[N+](C)(C)C)C(O)/C=C/CCCCCCCCCCCCCCCCCCCCCCCCCCCCC. The fourth-order valence-electron chi connectivity index (χ4n) is 8.10. The summed E-state index contributed by atoms with van der Waals surface area (Å²) in [7, 11) is 1.57. The number of aliphatic hydroxyl groups is 1. The molecule has 0 heterocycles. The molecule has 63 heavy (non-hydrogen) atoms. The van der Waals surface area contributed by atoms with Gasteiger partial charge in [0.25, 0.3) is 0 Å². The maximum atomic E-state index is 12.9. The number of likely N-dealkylation sites (N-methyl/N-ethyl adjacent to an activating group) is 1. The van der Waals surface area contributed by atoms with Crippen LogP contribution in [0.2, 0.25) is 0 Å². The van der Waals surface area contributed by atoms with E-state index < -0.39 is 20.0 Å². The maximum Gasteiger partial charge on any atom is 0.472 e. The van der Waals surface area contributed by atoms with E-state index in [2.05, 4.69) is 31.3 Å². The van der Waals surface area contributed by atoms with E-state index in [0.717, 1.165) is 51.4 Å². The van der Waals surface area contributed by atoms with E-state index in [1.807, 2.05) is 27.2 Å². The highest BCUT2D eigenvalue weighted by atomic mass is 31.2. The molecular formula is C54H108N2O6P+. The molecule has 0 aliphatic rings. The van der Waals surface area contributed by atoms with Gasteiger partial charge < -0.3 is 19.8 Å². The number of nitrogens with one attached hydrogen (secondary N) is 1. The van der Waals surface area contributed by atoms with Gasteiger partial charge >= 0.3 is 7.82 Å². The highest BCUT2D eigenvalue weighted by molar-refractivity contribution is 7.47. The monoisotopic (exact) mass is 912 g/mol. The number of hydrogen-bond donors (Lipinski definition) is 3. The first-order valence-electron chi connectivity index (χ1n) is 27.2. The number of phosphoric ester groups is 1. The summed E-state index contributed by atoms with van der Waals surface area (Å²) < 4.78 is 23.6. The minimum atomic E-state index is -4.34. The Morgan fingerprint density at radius 2 is 0.857 bits per heavy atom. The Hall–Kier alpha value is -1.02. The number of amides is 1. The lowest BCUT2D eigenvalue weighted by Crippen LogP contribution is -2.45. The molecule has 0 aliphatic heterocycles. The van der Waals surface area contributed by atoms with Crippen molar-refractivity contribution in [2.45, 2.75) is 276 Å². The van der Waals surface area contributed by atoms with Crippen LogP contribution in [0, 0.1) is 0 Å². The van der Waals surface area contributed by atoms with Crippen LogP contribution in [0.1, 0.15) is 264 Å². The summed E-state index contributed by atoms with van der Waals surface area (Å²) in [6, 6.07) is -0.848. The minimum absolute atomic E-state index is 0.0612. The van der Waals surface area contributed by atoms with Gasteiger partial charge in [0.05, 0.1) is 39.9 Å². The molecule has 0 aromatic carbocycles. The molecule has 0 radical (unpaired) electrons.